The van der Waals surface area contributed by atoms with E-state index >= 15 is 0 Å². The third-order valence-corrected chi connectivity index (χ3v) is 3.51. The Balaban J connectivity index is 2.60. The van der Waals surface area contributed by atoms with Crippen molar-refractivity contribution in [1.29, 1.82) is 0 Å². The molecule has 78 valence electrons. The highest BCUT2D eigenvalue weighted by Gasteiger charge is 2.36. The van der Waals surface area contributed by atoms with Gasteiger partial charge in [0.25, 0.3) is 0 Å². The van der Waals surface area contributed by atoms with Gasteiger partial charge in [0.2, 0.25) is 0 Å². The molecule has 1 nitrogen and oxygen atoms in total. The van der Waals surface area contributed by atoms with Crippen LogP contribution >= 0.6 is 11.6 Å². The lowest BCUT2D eigenvalue weighted by molar-refractivity contribution is -0.0487. The highest BCUT2D eigenvalue weighted by Crippen LogP contribution is 2.40. The molecule has 0 aromatic heterocycles. The summed E-state index contributed by atoms with van der Waals surface area (Å²) in [6.45, 7) is 9.80. The first-order valence-electron chi connectivity index (χ1n) is 5.20. The first kappa shape index (κ1) is 11.3. The number of hydrogen-bond acceptors (Lipinski definition) is 1. The van der Waals surface area contributed by atoms with Gasteiger partial charge in [0.15, 0.2) is 0 Å². The summed E-state index contributed by atoms with van der Waals surface area (Å²) in [5, 5.41) is 0. The molecule has 0 aromatic carbocycles. The molecule has 3 unspecified atom stereocenters. The summed E-state index contributed by atoms with van der Waals surface area (Å²) in [4.78, 5) is 0. The van der Waals surface area contributed by atoms with Gasteiger partial charge < -0.3 is 4.74 Å². The Hall–Kier alpha value is 0.250. The van der Waals surface area contributed by atoms with Crippen LogP contribution in [0.1, 0.15) is 40.5 Å². The van der Waals surface area contributed by atoms with E-state index in [0.717, 1.165) is 6.61 Å². The van der Waals surface area contributed by atoms with Crippen LogP contribution in [-0.4, -0.2) is 12.2 Å². The topological polar surface area (TPSA) is 9.23 Å². The lowest BCUT2D eigenvalue weighted by Crippen LogP contribution is -2.38. The molecule has 0 radical (unpaired) electrons. The molecule has 13 heavy (non-hydrogen) atoms. The van der Waals surface area contributed by atoms with Crippen LogP contribution in [0, 0.1) is 17.3 Å². The smallest absolute Gasteiger partial charge is 0.134 e. The van der Waals surface area contributed by atoms with Crippen LogP contribution in [0.4, 0.5) is 0 Å². The van der Waals surface area contributed by atoms with Crippen molar-refractivity contribution >= 4 is 11.6 Å². The van der Waals surface area contributed by atoms with Crippen molar-refractivity contribution in [1.82, 2.24) is 0 Å². The summed E-state index contributed by atoms with van der Waals surface area (Å²) in [5.74, 6) is 1.20. The second-order valence-electron chi connectivity index (χ2n) is 5.17. The Labute approximate surface area is 86.8 Å². The second-order valence-corrected chi connectivity index (χ2v) is 5.60. The Kier molecular flexibility index (Phi) is 3.64. The zero-order valence-corrected chi connectivity index (χ0v) is 9.90. The first-order chi connectivity index (χ1) is 5.95. The Bertz CT molecular complexity index is 162. The van der Waals surface area contributed by atoms with Gasteiger partial charge in [0.05, 0.1) is 6.61 Å². The maximum absolute atomic E-state index is 6.17. The third kappa shape index (κ3) is 2.85. The van der Waals surface area contributed by atoms with Gasteiger partial charge in [-0.2, -0.15) is 0 Å². The fraction of sp³-hybridized carbons (Fsp3) is 1.00. The predicted molar refractivity (Wildman–Crippen MR) is 56.9 cm³/mol. The minimum absolute atomic E-state index is 0.0807. The van der Waals surface area contributed by atoms with E-state index in [0.29, 0.717) is 11.8 Å². The number of hydrogen-bond donors (Lipinski definition) is 0. The van der Waals surface area contributed by atoms with Gasteiger partial charge in [0.1, 0.15) is 5.56 Å². The van der Waals surface area contributed by atoms with Crippen molar-refractivity contribution in [2.75, 3.05) is 6.61 Å². The summed E-state index contributed by atoms with van der Waals surface area (Å²) in [5.41, 5.74) is 0.183. The van der Waals surface area contributed by atoms with Gasteiger partial charge >= 0.3 is 0 Å². The van der Waals surface area contributed by atoms with Gasteiger partial charge in [-0.25, -0.2) is 0 Å². The lowest BCUT2D eigenvalue weighted by Gasteiger charge is -2.40. The van der Waals surface area contributed by atoms with Crippen molar-refractivity contribution in [2.45, 2.75) is 46.1 Å². The molecule has 0 aliphatic carbocycles. The third-order valence-electron chi connectivity index (χ3n) is 3.08. The minimum atomic E-state index is -0.0807. The normalized spacial score (nSPS) is 36.2. The van der Waals surface area contributed by atoms with E-state index in [1.807, 2.05) is 0 Å². The minimum Gasteiger partial charge on any atom is -0.362 e. The lowest BCUT2D eigenvalue weighted by atomic mass is 9.74. The molecule has 0 N–H and O–H groups in total. The number of alkyl halides is 1. The summed E-state index contributed by atoms with van der Waals surface area (Å²) in [7, 11) is 0. The molecular weight excluding hydrogens is 184 g/mol. The van der Waals surface area contributed by atoms with Crippen molar-refractivity contribution in [3.8, 4) is 0 Å². The predicted octanol–water partition coefficient (Wildman–Crippen LogP) is 3.66. The number of ether oxygens (including phenoxy) is 1. The zero-order chi connectivity index (χ0) is 10.1. The van der Waals surface area contributed by atoms with Crippen LogP contribution in [0.15, 0.2) is 0 Å². The van der Waals surface area contributed by atoms with Gasteiger partial charge in [-0.1, -0.05) is 45.7 Å². The van der Waals surface area contributed by atoms with Crippen LogP contribution in [0.3, 0.4) is 0 Å². The van der Waals surface area contributed by atoms with E-state index in [1.165, 1.54) is 12.8 Å². The second kappa shape index (κ2) is 4.18. The Morgan fingerprint density at radius 1 is 1.38 bits per heavy atom. The van der Waals surface area contributed by atoms with Gasteiger partial charge in [-0.05, 0) is 17.8 Å². The first-order valence-corrected chi connectivity index (χ1v) is 5.64. The fourth-order valence-corrected chi connectivity index (χ4v) is 2.46. The summed E-state index contributed by atoms with van der Waals surface area (Å²) in [6.07, 6.45) is 2.42. The van der Waals surface area contributed by atoms with E-state index in [2.05, 4.69) is 27.7 Å². The standard InChI is InChI=1S/C11H21ClO/c1-5-8-6-9(11(2,3)4)10(12)13-7-8/h8-10H,5-7H2,1-4H3. The van der Waals surface area contributed by atoms with Gasteiger partial charge in [0, 0.05) is 5.92 Å². The van der Waals surface area contributed by atoms with Crippen LogP contribution in [0.5, 0.6) is 0 Å². The summed E-state index contributed by atoms with van der Waals surface area (Å²) in [6, 6.07) is 0. The molecular formula is C11H21ClO. The molecule has 0 spiro atoms. The SMILES string of the molecule is CCC1COC(Cl)C(C(C)(C)C)C1. The monoisotopic (exact) mass is 204 g/mol. The Morgan fingerprint density at radius 3 is 2.46 bits per heavy atom. The van der Waals surface area contributed by atoms with E-state index in [9.17, 15) is 0 Å². The molecule has 0 amide bonds. The average Bonchev–Trinajstić information content (AvgIpc) is 2.03. The van der Waals surface area contributed by atoms with Crippen molar-refractivity contribution in [2.24, 2.45) is 17.3 Å². The molecule has 1 rings (SSSR count). The number of halogens is 1. The van der Waals surface area contributed by atoms with Gasteiger partial charge in [-0.3, -0.25) is 0 Å². The molecule has 3 atom stereocenters. The van der Waals surface area contributed by atoms with Crippen LogP contribution in [0.25, 0.3) is 0 Å². The molecule has 1 aliphatic heterocycles. The van der Waals surface area contributed by atoms with E-state index in [-0.39, 0.29) is 11.0 Å². The summed E-state index contributed by atoms with van der Waals surface area (Å²) >= 11 is 6.17. The van der Waals surface area contributed by atoms with E-state index in [4.69, 9.17) is 16.3 Å². The molecule has 1 aliphatic rings. The summed E-state index contributed by atoms with van der Waals surface area (Å²) < 4.78 is 5.59. The molecule has 0 aromatic rings. The van der Waals surface area contributed by atoms with Crippen molar-refractivity contribution in [3.63, 3.8) is 0 Å². The average molecular weight is 205 g/mol. The maximum Gasteiger partial charge on any atom is 0.134 e. The molecule has 1 fully saturated rings. The van der Waals surface area contributed by atoms with E-state index < -0.39 is 0 Å². The highest BCUT2D eigenvalue weighted by molar-refractivity contribution is 6.19. The quantitative estimate of drug-likeness (QED) is 0.593. The zero-order valence-electron chi connectivity index (χ0n) is 9.14. The van der Waals surface area contributed by atoms with E-state index in [1.54, 1.807) is 0 Å². The molecule has 2 heteroatoms. The van der Waals surface area contributed by atoms with Crippen molar-refractivity contribution in [3.05, 3.63) is 0 Å². The van der Waals surface area contributed by atoms with Crippen molar-refractivity contribution < 1.29 is 4.74 Å². The fourth-order valence-electron chi connectivity index (χ4n) is 1.91. The largest absolute Gasteiger partial charge is 0.362 e. The van der Waals surface area contributed by atoms with Crippen LogP contribution < -0.4 is 0 Å². The molecule has 0 saturated carbocycles. The Morgan fingerprint density at radius 2 is 2.00 bits per heavy atom. The van der Waals surface area contributed by atoms with Crippen LogP contribution in [-0.2, 0) is 4.74 Å². The molecule has 1 heterocycles. The number of rotatable bonds is 1. The molecule has 1 saturated heterocycles. The van der Waals surface area contributed by atoms with Crippen LogP contribution in [0.2, 0.25) is 0 Å². The molecule has 0 bridgehead atoms. The highest BCUT2D eigenvalue weighted by atomic mass is 35.5. The van der Waals surface area contributed by atoms with Gasteiger partial charge in [-0.15, -0.1) is 0 Å². The maximum atomic E-state index is 6.17.